The topological polar surface area (TPSA) is 102 Å². The van der Waals surface area contributed by atoms with Gasteiger partial charge in [0, 0.05) is 5.92 Å². The SMILES string of the molecule is COc1ccc(OCc2ccc(-c3ccc(S(=O)(=O)N[C@@H](C(=O)O)C(C)C)cc3C3C=CC=C3)cc2)cc1. The average Bonchev–Trinajstić information content (AvgIpc) is 3.46. The van der Waals surface area contributed by atoms with Crippen molar-refractivity contribution in [3.05, 3.63) is 102 Å². The van der Waals surface area contributed by atoms with Crippen molar-refractivity contribution in [1.29, 1.82) is 0 Å². The van der Waals surface area contributed by atoms with Crippen LogP contribution in [0.4, 0.5) is 0 Å². The Morgan fingerprint density at radius 2 is 1.58 bits per heavy atom. The summed E-state index contributed by atoms with van der Waals surface area (Å²) in [6.45, 7) is 3.72. The van der Waals surface area contributed by atoms with Gasteiger partial charge in [0.2, 0.25) is 10.0 Å². The summed E-state index contributed by atoms with van der Waals surface area (Å²) < 4.78 is 39.6. The van der Waals surface area contributed by atoms with E-state index < -0.39 is 28.0 Å². The molecule has 2 N–H and O–H groups in total. The summed E-state index contributed by atoms with van der Waals surface area (Å²) in [7, 11) is -2.43. The van der Waals surface area contributed by atoms with E-state index in [0.29, 0.717) is 6.61 Å². The molecule has 0 bridgehead atoms. The molecule has 38 heavy (non-hydrogen) atoms. The first-order valence-electron chi connectivity index (χ1n) is 12.3. The number of benzene rings is 3. The minimum absolute atomic E-state index is 0.0290. The number of sulfonamides is 1. The normalized spacial score (nSPS) is 14.1. The molecule has 1 aliphatic carbocycles. The number of ether oxygens (including phenoxy) is 2. The zero-order valence-electron chi connectivity index (χ0n) is 21.5. The molecule has 0 fully saturated rings. The molecule has 3 aromatic carbocycles. The van der Waals surface area contributed by atoms with Gasteiger partial charge < -0.3 is 14.6 Å². The largest absolute Gasteiger partial charge is 0.497 e. The van der Waals surface area contributed by atoms with Gasteiger partial charge in [-0.2, -0.15) is 4.72 Å². The highest BCUT2D eigenvalue weighted by atomic mass is 32.2. The van der Waals surface area contributed by atoms with Crippen LogP contribution >= 0.6 is 0 Å². The molecule has 8 heteroatoms. The molecule has 7 nitrogen and oxygen atoms in total. The van der Waals surface area contributed by atoms with Crippen LogP contribution in [0.15, 0.2) is 95.9 Å². The van der Waals surface area contributed by atoms with Gasteiger partial charge in [0.25, 0.3) is 0 Å². The van der Waals surface area contributed by atoms with Gasteiger partial charge in [0.05, 0.1) is 12.0 Å². The first-order valence-corrected chi connectivity index (χ1v) is 13.8. The Balaban J connectivity index is 1.58. The zero-order valence-corrected chi connectivity index (χ0v) is 22.3. The molecule has 0 saturated heterocycles. The summed E-state index contributed by atoms with van der Waals surface area (Å²) >= 11 is 0. The molecule has 1 aliphatic rings. The van der Waals surface area contributed by atoms with Crippen LogP contribution in [-0.4, -0.2) is 32.6 Å². The Morgan fingerprint density at radius 1 is 0.947 bits per heavy atom. The van der Waals surface area contributed by atoms with Gasteiger partial charge >= 0.3 is 5.97 Å². The lowest BCUT2D eigenvalue weighted by Gasteiger charge is -2.20. The Kier molecular flexibility index (Phi) is 8.34. The number of carbonyl (C=O) groups is 1. The van der Waals surface area contributed by atoms with Crippen molar-refractivity contribution >= 4 is 16.0 Å². The number of allylic oxidation sites excluding steroid dienone is 4. The van der Waals surface area contributed by atoms with Crippen molar-refractivity contribution < 1.29 is 27.8 Å². The fourth-order valence-electron chi connectivity index (χ4n) is 4.21. The second kappa shape index (κ2) is 11.7. The maximum atomic E-state index is 13.1. The summed E-state index contributed by atoms with van der Waals surface area (Å²) in [6.07, 6.45) is 7.83. The molecule has 0 heterocycles. The maximum absolute atomic E-state index is 13.1. The fraction of sp³-hybridized carbons (Fsp3) is 0.233. The van der Waals surface area contributed by atoms with Gasteiger partial charge in [-0.3, -0.25) is 4.79 Å². The third kappa shape index (κ3) is 6.33. The van der Waals surface area contributed by atoms with Gasteiger partial charge in [-0.15, -0.1) is 0 Å². The quantitative estimate of drug-likeness (QED) is 0.336. The van der Waals surface area contributed by atoms with E-state index in [1.165, 1.54) is 6.07 Å². The smallest absolute Gasteiger partial charge is 0.322 e. The highest BCUT2D eigenvalue weighted by molar-refractivity contribution is 7.89. The van der Waals surface area contributed by atoms with Crippen molar-refractivity contribution in [2.45, 2.75) is 37.3 Å². The molecule has 0 amide bonds. The van der Waals surface area contributed by atoms with E-state index in [-0.39, 0.29) is 10.8 Å². The van der Waals surface area contributed by atoms with Crippen LogP contribution in [0.25, 0.3) is 11.1 Å². The molecule has 0 aliphatic heterocycles. The number of rotatable bonds is 11. The minimum atomic E-state index is -4.05. The number of hydrogen-bond donors (Lipinski definition) is 2. The molecule has 0 saturated carbocycles. The highest BCUT2D eigenvalue weighted by Gasteiger charge is 2.29. The molecule has 0 aromatic heterocycles. The molecule has 4 rings (SSSR count). The third-order valence-corrected chi connectivity index (χ3v) is 7.82. The van der Waals surface area contributed by atoms with E-state index in [9.17, 15) is 18.3 Å². The van der Waals surface area contributed by atoms with E-state index >= 15 is 0 Å². The lowest BCUT2D eigenvalue weighted by atomic mass is 9.91. The second-order valence-corrected chi connectivity index (χ2v) is 11.1. The van der Waals surface area contributed by atoms with Crippen LogP contribution in [0.5, 0.6) is 11.5 Å². The maximum Gasteiger partial charge on any atom is 0.322 e. The van der Waals surface area contributed by atoms with E-state index in [1.807, 2.05) is 72.8 Å². The number of aliphatic carboxylic acids is 1. The summed E-state index contributed by atoms with van der Waals surface area (Å²) in [5.41, 5.74) is 3.64. The second-order valence-electron chi connectivity index (χ2n) is 9.39. The summed E-state index contributed by atoms with van der Waals surface area (Å²) in [5.74, 6) is -0.212. The van der Waals surface area contributed by atoms with Crippen LogP contribution in [0.2, 0.25) is 0 Å². The van der Waals surface area contributed by atoms with E-state index in [1.54, 1.807) is 33.1 Å². The van der Waals surface area contributed by atoms with Crippen molar-refractivity contribution in [2.75, 3.05) is 7.11 Å². The van der Waals surface area contributed by atoms with Gasteiger partial charge in [-0.1, -0.05) is 68.5 Å². The minimum Gasteiger partial charge on any atom is -0.497 e. The predicted molar refractivity (Wildman–Crippen MR) is 147 cm³/mol. The van der Waals surface area contributed by atoms with Crippen LogP contribution in [-0.2, 0) is 21.4 Å². The summed E-state index contributed by atoms with van der Waals surface area (Å²) in [6, 6.07) is 19.0. The van der Waals surface area contributed by atoms with Crippen molar-refractivity contribution in [2.24, 2.45) is 5.92 Å². The highest BCUT2D eigenvalue weighted by Crippen LogP contribution is 2.35. The molecule has 198 valence electrons. The van der Waals surface area contributed by atoms with Crippen molar-refractivity contribution in [3.63, 3.8) is 0 Å². The molecular formula is C30H31NO6S. The van der Waals surface area contributed by atoms with Crippen LogP contribution in [0.3, 0.4) is 0 Å². The van der Waals surface area contributed by atoms with Crippen molar-refractivity contribution in [1.82, 2.24) is 4.72 Å². The zero-order chi connectivity index (χ0) is 27.3. The Hall–Kier alpha value is -3.88. The first-order chi connectivity index (χ1) is 18.2. The molecule has 0 radical (unpaired) electrons. The van der Waals surface area contributed by atoms with Crippen LogP contribution in [0.1, 0.15) is 30.9 Å². The van der Waals surface area contributed by atoms with Gasteiger partial charge in [0.1, 0.15) is 24.1 Å². The van der Waals surface area contributed by atoms with Gasteiger partial charge in [-0.05, 0) is 64.6 Å². The van der Waals surface area contributed by atoms with Crippen LogP contribution < -0.4 is 14.2 Å². The fourth-order valence-corrected chi connectivity index (χ4v) is 5.58. The average molecular weight is 534 g/mol. The molecule has 1 atom stereocenters. The lowest BCUT2D eigenvalue weighted by Crippen LogP contribution is -2.44. The van der Waals surface area contributed by atoms with Gasteiger partial charge in [0.15, 0.2) is 0 Å². The van der Waals surface area contributed by atoms with E-state index in [0.717, 1.165) is 33.8 Å². The third-order valence-electron chi connectivity index (χ3n) is 6.39. The summed E-state index contributed by atoms with van der Waals surface area (Å²) in [4.78, 5) is 11.6. The predicted octanol–water partition coefficient (Wildman–Crippen LogP) is 5.54. The number of nitrogens with one attached hydrogen (secondary N) is 1. The van der Waals surface area contributed by atoms with E-state index in [4.69, 9.17) is 9.47 Å². The standard InChI is InChI=1S/C30H31NO6S/c1-20(2)29(30(32)33)31-38(34,35)26-16-17-27(28(18-26)22-6-4-5-7-22)23-10-8-21(9-11-23)19-37-25-14-12-24(36-3)13-15-25/h4-18,20,22,29,31H,19H2,1-3H3,(H,32,33)/t29-/m1/s1. The number of carboxylic acid groups (broad SMARTS) is 1. The lowest BCUT2D eigenvalue weighted by molar-refractivity contribution is -0.140. The number of carboxylic acids is 1. The van der Waals surface area contributed by atoms with E-state index in [2.05, 4.69) is 4.72 Å². The molecule has 0 unspecified atom stereocenters. The Labute approximate surface area is 223 Å². The molecule has 3 aromatic rings. The van der Waals surface area contributed by atoms with Gasteiger partial charge in [-0.25, -0.2) is 8.42 Å². The Bertz CT molecular complexity index is 1430. The number of methoxy groups -OCH3 is 1. The molecular weight excluding hydrogens is 502 g/mol. The monoisotopic (exact) mass is 533 g/mol. The first kappa shape index (κ1) is 27.2. The van der Waals surface area contributed by atoms with Crippen molar-refractivity contribution in [3.8, 4) is 22.6 Å². The molecule has 0 spiro atoms. The Morgan fingerprint density at radius 3 is 2.16 bits per heavy atom. The summed E-state index contributed by atoms with van der Waals surface area (Å²) in [5, 5.41) is 9.46. The number of hydrogen-bond acceptors (Lipinski definition) is 5. The van der Waals surface area contributed by atoms with Crippen LogP contribution in [0, 0.1) is 5.92 Å².